The van der Waals surface area contributed by atoms with Crippen LogP contribution in [0.15, 0.2) is 53.4 Å². The van der Waals surface area contributed by atoms with Crippen molar-refractivity contribution in [3.63, 3.8) is 0 Å². The van der Waals surface area contributed by atoms with Crippen molar-refractivity contribution in [3.8, 4) is 11.3 Å². The maximum atomic E-state index is 13.2. The van der Waals surface area contributed by atoms with Crippen LogP contribution in [0.5, 0.6) is 0 Å². The van der Waals surface area contributed by atoms with E-state index in [2.05, 4.69) is 54.6 Å². The molecule has 2 aromatic carbocycles. The SMILES string of the molecule is CSc1ccc(C2c3c(-c4ccc(Cl)cc4)n[nH]c3C(=O)N2CC(C)C)cc1. The first-order valence-corrected chi connectivity index (χ1v) is 10.9. The number of nitrogens with one attached hydrogen (secondary N) is 1. The van der Waals surface area contributed by atoms with E-state index in [0.717, 1.165) is 22.4 Å². The van der Waals surface area contributed by atoms with E-state index in [1.165, 1.54) is 4.90 Å². The van der Waals surface area contributed by atoms with Gasteiger partial charge in [0.2, 0.25) is 0 Å². The van der Waals surface area contributed by atoms with Gasteiger partial charge in [0.1, 0.15) is 5.69 Å². The monoisotopic (exact) mass is 411 g/mol. The van der Waals surface area contributed by atoms with Crippen molar-refractivity contribution in [1.29, 1.82) is 0 Å². The third-order valence-electron chi connectivity index (χ3n) is 4.97. The maximum absolute atomic E-state index is 13.2. The summed E-state index contributed by atoms with van der Waals surface area (Å²) in [5.74, 6) is 0.378. The van der Waals surface area contributed by atoms with Crippen LogP contribution in [0.3, 0.4) is 0 Å². The van der Waals surface area contributed by atoms with Crippen LogP contribution in [0.1, 0.15) is 41.5 Å². The van der Waals surface area contributed by atoms with Gasteiger partial charge in [0, 0.05) is 27.6 Å². The summed E-state index contributed by atoms with van der Waals surface area (Å²) in [5, 5.41) is 8.17. The van der Waals surface area contributed by atoms with E-state index in [4.69, 9.17) is 11.6 Å². The van der Waals surface area contributed by atoms with Crippen LogP contribution in [-0.2, 0) is 0 Å². The van der Waals surface area contributed by atoms with Crippen molar-refractivity contribution in [2.24, 2.45) is 5.92 Å². The van der Waals surface area contributed by atoms with Gasteiger partial charge in [0.25, 0.3) is 5.91 Å². The Morgan fingerprint density at radius 3 is 2.43 bits per heavy atom. The summed E-state index contributed by atoms with van der Waals surface area (Å²) in [4.78, 5) is 16.3. The highest BCUT2D eigenvalue weighted by atomic mass is 35.5. The Bertz CT molecular complexity index is 996. The molecule has 4 rings (SSSR count). The average molecular weight is 412 g/mol. The van der Waals surface area contributed by atoms with Crippen molar-refractivity contribution in [1.82, 2.24) is 15.1 Å². The number of nitrogens with zero attached hydrogens (tertiary/aromatic N) is 2. The average Bonchev–Trinajstić information content (AvgIpc) is 3.22. The Kier molecular flexibility index (Phi) is 5.21. The van der Waals surface area contributed by atoms with Gasteiger partial charge in [-0.25, -0.2) is 0 Å². The summed E-state index contributed by atoms with van der Waals surface area (Å²) in [7, 11) is 0. The molecule has 0 saturated carbocycles. The molecule has 1 atom stereocenters. The first-order valence-electron chi connectivity index (χ1n) is 9.28. The smallest absolute Gasteiger partial charge is 0.273 e. The van der Waals surface area contributed by atoms with Gasteiger partial charge in [-0.05, 0) is 42.0 Å². The minimum Gasteiger partial charge on any atom is -0.326 e. The van der Waals surface area contributed by atoms with Crippen LogP contribution < -0.4 is 0 Å². The van der Waals surface area contributed by atoms with Gasteiger partial charge < -0.3 is 4.90 Å². The number of fused-ring (bicyclic) bond motifs is 1. The minimum atomic E-state index is -0.148. The molecule has 1 aromatic heterocycles. The highest BCUT2D eigenvalue weighted by molar-refractivity contribution is 7.98. The molecule has 0 bridgehead atoms. The fraction of sp³-hybridized carbons (Fsp3) is 0.273. The number of benzene rings is 2. The van der Waals surface area contributed by atoms with E-state index >= 15 is 0 Å². The lowest BCUT2D eigenvalue weighted by Gasteiger charge is -2.28. The Labute approximate surface area is 174 Å². The van der Waals surface area contributed by atoms with E-state index in [1.54, 1.807) is 11.8 Å². The molecular weight excluding hydrogens is 390 g/mol. The molecule has 2 heterocycles. The first-order chi connectivity index (χ1) is 13.5. The topological polar surface area (TPSA) is 49.0 Å². The predicted molar refractivity (Wildman–Crippen MR) is 115 cm³/mol. The lowest BCUT2D eigenvalue weighted by atomic mass is 9.96. The number of rotatable bonds is 5. The summed E-state index contributed by atoms with van der Waals surface area (Å²) < 4.78 is 0. The summed E-state index contributed by atoms with van der Waals surface area (Å²) in [5.41, 5.74) is 4.40. The Morgan fingerprint density at radius 2 is 1.82 bits per heavy atom. The number of carbonyl (C=O) groups is 1. The first kappa shape index (κ1) is 19.1. The van der Waals surface area contributed by atoms with Crippen LogP contribution in [0.2, 0.25) is 5.02 Å². The van der Waals surface area contributed by atoms with E-state index < -0.39 is 0 Å². The Balaban J connectivity index is 1.85. The summed E-state index contributed by atoms with van der Waals surface area (Å²) >= 11 is 7.76. The van der Waals surface area contributed by atoms with Crippen molar-refractivity contribution in [3.05, 3.63) is 70.4 Å². The van der Waals surface area contributed by atoms with E-state index in [-0.39, 0.29) is 11.9 Å². The molecule has 1 unspecified atom stereocenters. The van der Waals surface area contributed by atoms with Crippen LogP contribution >= 0.6 is 23.4 Å². The fourth-order valence-corrected chi connectivity index (χ4v) is 4.27. The highest BCUT2D eigenvalue weighted by Gasteiger charge is 2.42. The third-order valence-corrected chi connectivity index (χ3v) is 5.97. The van der Waals surface area contributed by atoms with Gasteiger partial charge in [-0.3, -0.25) is 9.89 Å². The molecule has 0 radical (unpaired) electrons. The second-order valence-corrected chi connectivity index (χ2v) is 8.71. The van der Waals surface area contributed by atoms with Crippen LogP contribution in [0, 0.1) is 5.92 Å². The Morgan fingerprint density at radius 1 is 1.14 bits per heavy atom. The summed E-state index contributed by atoms with van der Waals surface area (Å²) in [6.07, 6.45) is 2.06. The van der Waals surface area contributed by atoms with Crippen molar-refractivity contribution in [2.75, 3.05) is 12.8 Å². The maximum Gasteiger partial charge on any atom is 0.273 e. The second-order valence-electron chi connectivity index (χ2n) is 7.39. The molecule has 4 nitrogen and oxygen atoms in total. The zero-order valence-electron chi connectivity index (χ0n) is 16.1. The van der Waals surface area contributed by atoms with Gasteiger partial charge in [0.05, 0.1) is 11.7 Å². The Hall–Kier alpha value is -2.24. The molecule has 144 valence electrons. The number of thioether (sulfide) groups is 1. The van der Waals surface area contributed by atoms with Crippen LogP contribution in [0.4, 0.5) is 0 Å². The number of H-pyrrole nitrogens is 1. The molecule has 28 heavy (non-hydrogen) atoms. The standard InChI is InChI=1S/C22H22ClN3OS/c1-13(2)12-26-21(15-6-10-17(28-3)11-7-15)18-19(24-25-20(18)22(26)27)14-4-8-16(23)9-5-14/h4-11,13,21H,12H2,1-3H3,(H,24,25). The molecule has 1 amide bonds. The number of carbonyl (C=O) groups excluding carboxylic acids is 1. The van der Waals surface area contributed by atoms with Gasteiger partial charge in [0.15, 0.2) is 0 Å². The number of amides is 1. The number of hydrogen-bond acceptors (Lipinski definition) is 3. The zero-order chi connectivity index (χ0) is 19.8. The third kappa shape index (κ3) is 3.33. The molecule has 6 heteroatoms. The molecule has 0 spiro atoms. The van der Waals surface area contributed by atoms with E-state index in [9.17, 15) is 4.79 Å². The number of halogens is 1. The van der Waals surface area contributed by atoms with Gasteiger partial charge in [-0.1, -0.05) is 49.7 Å². The van der Waals surface area contributed by atoms with Gasteiger partial charge >= 0.3 is 0 Å². The number of hydrogen-bond donors (Lipinski definition) is 1. The summed E-state index contributed by atoms with van der Waals surface area (Å²) in [6.45, 7) is 4.95. The lowest BCUT2D eigenvalue weighted by molar-refractivity contribution is 0.0722. The van der Waals surface area contributed by atoms with Crippen molar-refractivity contribution in [2.45, 2.75) is 24.8 Å². The molecule has 1 aliphatic heterocycles. The quantitative estimate of drug-likeness (QED) is 0.551. The van der Waals surface area contributed by atoms with E-state index in [1.807, 2.05) is 29.2 Å². The molecule has 0 saturated heterocycles. The minimum absolute atomic E-state index is 0.00959. The predicted octanol–water partition coefficient (Wildman–Crippen LogP) is 5.65. The van der Waals surface area contributed by atoms with E-state index in [0.29, 0.717) is 23.2 Å². The largest absolute Gasteiger partial charge is 0.326 e. The highest BCUT2D eigenvalue weighted by Crippen LogP contribution is 2.43. The molecule has 0 aliphatic carbocycles. The van der Waals surface area contributed by atoms with Gasteiger partial charge in [-0.2, -0.15) is 5.10 Å². The van der Waals surface area contributed by atoms with Crippen LogP contribution in [0.25, 0.3) is 11.3 Å². The van der Waals surface area contributed by atoms with Crippen molar-refractivity contribution < 1.29 is 4.79 Å². The van der Waals surface area contributed by atoms with Crippen LogP contribution in [-0.4, -0.2) is 33.8 Å². The normalized spacial score (nSPS) is 16.1. The second kappa shape index (κ2) is 7.64. The molecule has 3 aromatic rings. The number of aromatic nitrogens is 2. The van der Waals surface area contributed by atoms with Crippen molar-refractivity contribution >= 4 is 29.3 Å². The molecule has 1 aliphatic rings. The fourth-order valence-electron chi connectivity index (χ4n) is 3.74. The molecule has 0 fully saturated rings. The molecule has 1 N–H and O–H groups in total. The lowest BCUT2D eigenvalue weighted by Crippen LogP contribution is -2.32. The zero-order valence-corrected chi connectivity index (χ0v) is 17.6. The molecular formula is C22H22ClN3OS. The summed E-state index contributed by atoms with van der Waals surface area (Å²) in [6, 6.07) is 15.9. The number of aromatic amines is 1. The van der Waals surface area contributed by atoms with Gasteiger partial charge in [-0.15, -0.1) is 11.8 Å².